The highest BCUT2D eigenvalue weighted by Crippen LogP contribution is 2.21. The summed E-state index contributed by atoms with van der Waals surface area (Å²) in [6, 6.07) is 6.52. The summed E-state index contributed by atoms with van der Waals surface area (Å²) in [5.41, 5.74) is 1.36. The SMILES string of the molecule is COCCC(NC(=O)c1cn(CCOC)c2ccccc12)C(=O)O. The number of ether oxygens (including phenoxy) is 2. The number of carbonyl (C=O) groups excluding carboxylic acids is 1. The Kier molecular flexibility index (Phi) is 6.34. The third kappa shape index (κ3) is 4.12. The lowest BCUT2D eigenvalue weighted by atomic mass is 10.1. The van der Waals surface area contributed by atoms with Gasteiger partial charge >= 0.3 is 5.97 Å². The Morgan fingerprint density at radius 1 is 1.21 bits per heavy atom. The van der Waals surface area contributed by atoms with Gasteiger partial charge in [-0.25, -0.2) is 4.79 Å². The molecule has 0 radical (unpaired) electrons. The molecular weight excluding hydrogens is 312 g/mol. The van der Waals surface area contributed by atoms with E-state index < -0.39 is 17.9 Å². The number of rotatable bonds is 9. The molecule has 2 N–H and O–H groups in total. The van der Waals surface area contributed by atoms with Gasteiger partial charge in [-0.05, 0) is 6.07 Å². The summed E-state index contributed by atoms with van der Waals surface area (Å²) in [5.74, 6) is -1.49. The highest BCUT2D eigenvalue weighted by molar-refractivity contribution is 6.07. The molecule has 24 heavy (non-hydrogen) atoms. The molecule has 0 saturated heterocycles. The van der Waals surface area contributed by atoms with Gasteiger partial charge in [0, 0.05) is 50.9 Å². The Morgan fingerprint density at radius 3 is 2.58 bits per heavy atom. The fourth-order valence-corrected chi connectivity index (χ4v) is 2.53. The molecule has 1 atom stereocenters. The third-order valence-electron chi connectivity index (χ3n) is 3.78. The number of carboxylic acids is 1. The van der Waals surface area contributed by atoms with Crippen LogP contribution in [0.4, 0.5) is 0 Å². The van der Waals surface area contributed by atoms with Crippen molar-refractivity contribution >= 4 is 22.8 Å². The van der Waals surface area contributed by atoms with E-state index in [1.165, 1.54) is 7.11 Å². The van der Waals surface area contributed by atoms with Gasteiger partial charge in [-0.2, -0.15) is 0 Å². The number of methoxy groups -OCH3 is 2. The van der Waals surface area contributed by atoms with Crippen LogP contribution in [0.2, 0.25) is 0 Å². The first-order valence-electron chi connectivity index (χ1n) is 7.68. The second kappa shape index (κ2) is 8.47. The van der Waals surface area contributed by atoms with E-state index in [1.807, 2.05) is 28.8 Å². The molecule has 0 fully saturated rings. The van der Waals surface area contributed by atoms with Gasteiger partial charge in [-0.15, -0.1) is 0 Å². The molecule has 0 aliphatic heterocycles. The average molecular weight is 334 g/mol. The van der Waals surface area contributed by atoms with Crippen molar-refractivity contribution in [2.75, 3.05) is 27.4 Å². The highest BCUT2D eigenvalue weighted by Gasteiger charge is 2.22. The van der Waals surface area contributed by atoms with Crippen LogP contribution in [0.15, 0.2) is 30.5 Å². The topological polar surface area (TPSA) is 89.8 Å². The standard InChI is InChI=1S/C17H22N2O5/c1-23-9-7-14(17(21)22)18-16(20)13-11-19(8-10-24-2)15-6-4-3-5-12(13)15/h3-6,11,14H,7-10H2,1-2H3,(H,18,20)(H,21,22). The first kappa shape index (κ1) is 18.0. The fraction of sp³-hybridized carbons (Fsp3) is 0.412. The number of amides is 1. The molecule has 1 heterocycles. The summed E-state index contributed by atoms with van der Waals surface area (Å²) >= 11 is 0. The number of hydrogen-bond acceptors (Lipinski definition) is 4. The molecule has 1 amide bonds. The highest BCUT2D eigenvalue weighted by atomic mass is 16.5. The number of nitrogens with zero attached hydrogens (tertiary/aromatic N) is 1. The van der Waals surface area contributed by atoms with Crippen molar-refractivity contribution in [3.63, 3.8) is 0 Å². The van der Waals surface area contributed by atoms with E-state index in [2.05, 4.69) is 5.32 Å². The maximum atomic E-state index is 12.6. The molecule has 1 aromatic carbocycles. The van der Waals surface area contributed by atoms with Gasteiger partial charge in [-0.3, -0.25) is 4.79 Å². The van der Waals surface area contributed by atoms with E-state index in [0.717, 1.165) is 10.9 Å². The Bertz CT molecular complexity index is 710. The lowest BCUT2D eigenvalue weighted by Gasteiger charge is -2.13. The van der Waals surface area contributed by atoms with Crippen molar-refractivity contribution in [2.45, 2.75) is 19.0 Å². The predicted molar refractivity (Wildman–Crippen MR) is 89.2 cm³/mol. The van der Waals surface area contributed by atoms with Gasteiger partial charge in [-0.1, -0.05) is 18.2 Å². The fourth-order valence-electron chi connectivity index (χ4n) is 2.53. The Balaban J connectivity index is 2.26. The zero-order valence-electron chi connectivity index (χ0n) is 13.8. The number of carboxylic acid groups (broad SMARTS) is 1. The second-order valence-corrected chi connectivity index (χ2v) is 5.39. The van der Waals surface area contributed by atoms with Gasteiger partial charge < -0.3 is 24.5 Å². The minimum absolute atomic E-state index is 0.208. The summed E-state index contributed by atoms with van der Waals surface area (Å²) in [6.07, 6.45) is 1.94. The number of nitrogens with one attached hydrogen (secondary N) is 1. The molecule has 7 heteroatoms. The molecule has 1 unspecified atom stereocenters. The number of para-hydroxylation sites is 1. The second-order valence-electron chi connectivity index (χ2n) is 5.39. The molecule has 0 spiro atoms. The molecule has 0 saturated carbocycles. The largest absolute Gasteiger partial charge is 0.480 e. The summed E-state index contributed by atoms with van der Waals surface area (Å²) in [6.45, 7) is 1.38. The van der Waals surface area contributed by atoms with Crippen LogP contribution in [-0.4, -0.2) is 55.0 Å². The molecule has 130 valence electrons. The Morgan fingerprint density at radius 2 is 1.92 bits per heavy atom. The van der Waals surface area contributed by atoms with Gasteiger partial charge in [0.25, 0.3) is 5.91 Å². The number of aliphatic carboxylic acids is 1. The maximum Gasteiger partial charge on any atom is 0.326 e. The van der Waals surface area contributed by atoms with Crippen LogP contribution in [0.1, 0.15) is 16.8 Å². The monoisotopic (exact) mass is 334 g/mol. The lowest BCUT2D eigenvalue weighted by molar-refractivity contribution is -0.139. The predicted octanol–water partition coefficient (Wildman–Crippen LogP) is 1.51. The van der Waals surface area contributed by atoms with E-state index in [1.54, 1.807) is 13.3 Å². The summed E-state index contributed by atoms with van der Waals surface area (Å²) in [4.78, 5) is 23.9. The number of benzene rings is 1. The van der Waals surface area contributed by atoms with E-state index in [4.69, 9.17) is 9.47 Å². The van der Waals surface area contributed by atoms with Gasteiger partial charge in [0.1, 0.15) is 6.04 Å². The lowest BCUT2D eigenvalue weighted by Crippen LogP contribution is -2.41. The normalized spacial score (nSPS) is 12.2. The smallest absolute Gasteiger partial charge is 0.326 e. The quantitative estimate of drug-likeness (QED) is 0.725. The number of carbonyl (C=O) groups is 2. The number of aromatic nitrogens is 1. The zero-order chi connectivity index (χ0) is 17.5. The van der Waals surface area contributed by atoms with Crippen LogP contribution < -0.4 is 5.32 Å². The van der Waals surface area contributed by atoms with Crippen LogP contribution in [0.3, 0.4) is 0 Å². The van der Waals surface area contributed by atoms with Gasteiger partial charge in [0.15, 0.2) is 0 Å². The average Bonchev–Trinajstić information content (AvgIpc) is 2.95. The molecule has 0 bridgehead atoms. The Hall–Kier alpha value is -2.38. The molecule has 1 aromatic heterocycles. The van der Waals surface area contributed by atoms with E-state index in [-0.39, 0.29) is 13.0 Å². The number of hydrogen-bond donors (Lipinski definition) is 2. The molecule has 2 aromatic rings. The molecule has 7 nitrogen and oxygen atoms in total. The van der Waals surface area contributed by atoms with Crippen molar-refractivity contribution < 1.29 is 24.2 Å². The minimum atomic E-state index is -1.08. The van der Waals surface area contributed by atoms with Crippen molar-refractivity contribution in [1.29, 1.82) is 0 Å². The molecule has 2 rings (SSSR count). The van der Waals surface area contributed by atoms with Crippen LogP contribution in [0.5, 0.6) is 0 Å². The number of fused-ring (bicyclic) bond motifs is 1. The summed E-state index contributed by atoms with van der Waals surface area (Å²) < 4.78 is 11.9. The first-order chi connectivity index (χ1) is 11.6. The molecule has 0 aliphatic rings. The summed E-state index contributed by atoms with van der Waals surface area (Å²) in [7, 11) is 3.11. The first-order valence-corrected chi connectivity index (χ1v) is 7.68. The van der Waals surface area contributed by atoms with Crippen LogP contribution in [-0.2, 0) is 20.8 Å². The van der Waals surface area contributed by atoms with Crippen LogP contribution in [0, 0.1) is 0 Å². The van der Waals surface area contributed by atoms with E-state index in [0.29, 0.717) is 18.7 Å². The molecule has 0 aliphatic carbocycles. The minimum Gasteiger partial charge on any atom is -0.480 e. The zero-order valence-corrected chi connectivity index (χ0v) is 13.8. The van der Waals surface area contributed by atoms with Crippen molar-refractivity contribution in [3.8, 4) is 0 Å². The van der Waals surface area contributed by atoms with Crippen molar-refractivity contribution in [1.82, 2.24) is 9.88 Å². The van der Waals surface area contributed by atoms with Gasteiger partial charge in [0.2, 0.25) is 0 Å². The molecular formula is C17H22N2O5. The third-order valence-corrected chi connectivity index (χ3v) is 3.78. The van der Waals surface area contributed by atoms with E-state index in [9.17, 15) is 14.7 Å². The van der Waals surface area contributed by atoms with E-state index >= 15 is 0 Å². The van der Waals surface area contributed by atoms with Crippen LogP contribution >= 0.6 is 0 Å². The van der Waals surface area contributed by atoms with Crippen molar-refractivity contribution in [2.24, 2.45) is 0 Å². The summed E-state index contributed by atoms with van der Waals surface area (Å²) in [5, 5.41) is 12.6. The maximum absolute atomic E-state index is 12.6. The Labute approximate surface area is 140 Å². The van der Waals surface area contributed by atoms with Crippen molar-refractivity contribution in [3.05, 3.63) is 36.0 Å². The van der Waals surface area contributed by atoms with Crippen LogP contribution in [0.25, 0.3) is 10.9 Å². The van der Waals surface area contributed by atoms with Gasteiger partial charge in [0.05, 0.1) is 12.2 Å².